The van der Waals surface area contributed by atoms with E-state index in [1.807, 2.05) is 30.3 Å². The molecule has 48 heavy (non-hydrogen) atoms. The first-order valence-electron chi connectivity index (χ1n) is 14.7. The molecular weight excluding hydrogens is 683 g/mol. The lowest BCUT2D eigenvalue weighted by Gasteiger charge is -2.15. The zero-order valence-corrected chi connectivity index (χ0v) is 26.5. The summed E-state index contributed by atoms with van der Waals surface area (Å²) in [5.74, 6) is -2.32. The number of sulfonamides is 1. The average Bonchev–Trinajstić information content (AvgIpc) is 3.76. The number of carbonyl (C=O) groups excluding carboxylic acids is 1. The van der Waals surface area contributed by atoms with E-state index < -0.39 is 47.1 Å². The van der Waals surface area contributed by atoms with Crippen molar-refractivity contribution >= 4 is 38.6 Å². The zero-order valence-electron chi connectivity index (χ0n) is 24.9. The van der Waals surface area contributed by atoms with E-state index in [9.17, 15) is 31.5 Å². The minimum atomic E-state index is -5.09. The van der Waals surface area contributed by atoms with Gasteiger partial charge in [-0.2, -0.15) is 18.2 Å². The molecule has 3 aromatic carbocycles. The molecule has 17 heteroatoms. The second-order valence-electron chi connectivity index (χ2n) is 11.0. The zero-order chi connectivity index (χ0) is 34.1. The number of hydrogen-bond donors (Lipinski definition) is 3. The van der Waals surface area contributed by atoms with Crippen LogP contribution in [0.5, 0.6) is 6.01 Å². The second-order valence-corrected chi connectivity index (χ2v) is 13.1. The Balaban J connectivity index is 1.03. The molecule has 0 radical (unpaired) electrons. The topological polar surface area (TPSA) is 158 Å². The van der Waals surface area contributed by atoms with E-state index in [2.05, 4.69) is 19.4 Å². The number of rotatable bonds is 12. The van der Waals surface area contributed by atoms with Crippen LogP contribution in [0.3, 0.4) is 0 Å². The predicted octanol–water partition coefficient (Wildman–Crippen LogP) is 3.86. The maximum Gasteiger partial charge on any atom is 0.490 e. The first-order valence-corrected chi connectivity index (χ1v) is 16.5. The van der Waals surface area contributed by atoms with Crippen molar-refractivity contribution < 1.29 is 55.2 Å². The Labute approximate surface area is 277 Å². The molecule has 1 aromatic heterocycles. The Morgan fingerprint density at radius 3 is 2.35 bits per heavy atom. The molecule has 2 saturated heterocycles. The lowest BCUT2D eigenvalue weighted by atomic mass is 10.00. The quantitative estimate of drug-likeness (QED) is 0.146. The summed E-state index contributed by atoms with van der Waals surface area (Å²) in [6.45, 7) is -0.749. The standard InChI is InChI=1S/C31H29ClF3N3O9S/c32-22-14-24-23(37-30(38-24)47-26-16-46-27-25(39)15-45-28(26)27)13-21(22)19-3-1-17(2-4-19)18-5-7-20(8-6-18)48(41,42)36-9-10-43-11-12-44-29(40)31(33,34)35/h1-8,13-14,25-28,36,39H,9-12,15-16H2,(H,37,38)/t25-,26-,27-,28-/m1/s1. The third-order valence-corrected chi connectivity index (χ3v) is 9.51. The number of ether oxygens (including phenoxy) is 5. The van der Waals surface area contributed by atoms with Crippen molar-refractivity contribution in [1.82, 2.24) is 14.7 Å². The molecule has 0 spiro atoms. The van der Waals surface area contributed by atoms with Gasteiger partial charge >= 0.3 is 12.1 Å². The number of benzene rings is 3. The monoisotopic (exact) mass is 711 g/mol. The van der Waals surface area contributed by atoms with Gasteiger partial charge in [-0.25, -0.2) is 17.9 Å². The van der Waals surface area contributed by atoms with Gasteiger partial charge in [0.2, 0.25) is 10.0 Å². The Morgan fingerprint density at radius 2 is 1.65 bits per heavy atom. The van der Waals surface area contributed by atoms with E-state index in [-0.39, 0.29) is 50.0 Å². The van der Waals surface area contributed by atoms with Crippen molar-refractivity contribution in [2.45, 2.75) is 35.5 Å². The molecule has 0 amide bonds. The number of H-pyrrole nitrogens is 1. The van der Waals surface area contributed by atoms with E-state index >= 15 is 0 Å². The van der Waals surface area contributed by atoms with Crippen LogP contribution >= 0.6 is 11.6 Å². The highest BCUT2D eigenvalue weighted by molar-refractivity contribution is 7.89. The number of alkyl halides is 3. The molecule has 0 unspecified atom stereocenters. The number of imidazole rings is 1. The van der Waals surface area contributed by atoms with Crippen LogP contribution in [0, 0.1) is 0 Å². The number of nitrogens with zero attached hydrogens (tertiary/aromatic N) is 1. The lowest BCUT2D eigenvalue weighted by Crippen LogP contribution is -2.34. The van der Waals surface area contributed by atoms with Crippen LogP contribution in [-0.2, 0) is 33.8 Å². The SMILES string of the molecule is O=C(OCCOCCNS(=O)(=O)c1ccc(-c2ccc(-c3cc4nc(O[C@@H]5CO[C@H]6[C@@H]5OC[C@H]6O)[nH]c4cc3Cl)cc2)cc1)C(F)(F)F. The van der Waals surface area contributed by atoms with Crippen molar-refractivity contribution in [2.75, 3.05) is 39.6 Å². The first-order chi connectivity index (χ1) is 22.9. The third-order valence-electron chi connectivity index (χ3n) is 7.72. The Morgan fingerprint density at radius 1 is 0.979 bits per heavy atom. The summed E-state index contributed by atoms with van der Waals surface area (Å²) in [5.41, 5.74) is 4.51. The molecule has 0 aliphatic carbocycles. The van der Waals surface area contributed by atoms with E-state index in [1.165, 1.54) is 12.1 Å². The fraction of sp³-hybridized carbons (Fsp3) is 0.355. The van der Waals surface area contributed by atoms with Gasteiger partial charge in [0.15, 0.2) is 6.10 Å². The van der Waals surface area contributed by atoms with Gasteiger partial charge in [0, 0.05) is 12.1 Å². The fourth-order valence-electron chi connectivity index (χ4n) is 5.35. The van der Waals surface area contributed by atoms with Gasteiger partial charge in [-0.15, -0.1) is 0 Å². The minimum absolute atomic E-state index is 0.0121. The van der Waals surface area contributed by atoms with Gasteiger partial charge in [-0.3, -0.25) is 0 Å². The second kappa shape index (κ2) is 14.0. The molecule has 6 rings (SSSR count). The number of carbonyl (C=O) groups is 1. The number of halogens is 4. The molecule has 3 N–H and O–H groups in total. The van der Waals surface area contributed by atoms with Crippen LogP contribution in [0.4, 0.5) is 13.2 Å². The molecule has 12 nitrogen and oxygen atoms in total. The first kappa shape index (κ1) is 34.1. The predicted molar refractivity (Wildman–Crippen MR) is 165 cm³/mol. The summed E-state index contributed by atoms with van der Waals surface area (Å²) in [4.78, 5) is 18.3. The van der Waals surface area contributed by atoms with Gasteiger partial charge < -0.3 is 33.8 Å². The summed E-state index contributed by atoms with van der Waals surface area (Å²) in [6.07, 6.45) is -6.97. The highest BCUT2D eigenvalue weighted by atomic mass is 35.5. The number of fused-ring (bicyclic) bond motifs is 2. The number of aromatic nitrogens is 2. The van der Waals surface area contributed by atoms with Gasteiger partial charge in [0.1, 0.15) is 24.9 Å². The van der Waals surface area contributed by atoms with E-state index in [1.54, 1.807) is 18.2 Å². The summed E-state index contributed by atoms with van der Waals surface area (Å²) in [5, 5.41) is 10.5. The molecular formula is C31H29ClF3N3O9S. The van der Waals surface area contributed by atoms with Crippen LogP contribution in [0.2, 0.25) is 5.02 Å². The lowest BCUT2D eigenvalue weighted by molar-refractivity contribution is -0.200. The average molecular weight is 712 g/mol. The molecule has 0 bridgehead atoms. The number of nitrogens with one attached hydrogen (secondary N) is 2. The Bertz CT molecular complexity index is 1870. The highest BCUT2D eigenvalue weighted by Gasteiger charge is 2.48. The minimum Gasteiger partial charge on any atom is -0.457 e. The number of aliphatic hydroxyl groups is 1. The number of aromatic amines is 1. The maximum atomic E-state index is 12.6. The number of esters is 1. The summed E-state index contributed by atoms with van der Waals surface area (Å²) in [6, 6.07) is 17.7. The van der Waals surface area contributed by atoms with Crippen molar-refractivity contribution in [3.05, 3.63) is 65.7 Å². The van der Waals surface area contributed by atoms with E-state index in [4.69, 9.17) is 30.5 Å². The normalized spacial score (nSPS) is 21.0. The van der Waals surface area contributed by atoms with Crippen molar-refractivity contribution in [3.8, 4) is 28.3 Å². The molecule has 2 aliphatic rings. The van der Waals surface area contributed by atoms with Gasteiger partial charge in [-0.05, 0) is 41.0 Å². The molecule has 4 aromatic rings. The smallest absolute Gasteiger partial charge is 0.457 e. The fourth-order valence-corrected chi connectivity index (χ4v) is 6.64. The Hall–Kier alpha value is -3.77. The maximum absolute atomic E-state index is 12.6. The van der Waals surface area contributed by atoms with Crippen LogP contribution in [0.1, 0.15) is 0 Å². The van der Waals surface area contributed by atoms with Gasteiger partial charge in [-0.1, -0.05) is 48.0 Å². The van der Waals surface area contributed by atoms with Crippen LogP contribution in [0.15, 0.2) is 65.6 Å². The summed E-state index contributed by atoms with van der Waals surface area (Å²) in [7, 11) is -3.88. The van der Waals surface area contributed by atoms with Crippen molar-refractivity contribution in [3.63, 3.8) is 0 Å². The molecule has 0 saturated carbocycles. The van der Waals surface area contributed by atoms with E-state index in [0.29, 0.717) is 16.1 Å². The molecule has 3 heterocycles. The largest absolute Gasteiger partial charge is 0.490 e. The molecule has 256 valence electrons. The van der Waals surface area contributed by atoms with Gasteiger partial charge in [0.25, 0.3) is 6.01 Å². The molecule has 2 fully saturated rings. The van der Waals surface area contributed by atoms with E-state index in [0.717, 1.165) is 22.3 Å². The number of hydrogen-bond acceptors (Lipinski definition) is 10. The Kier molecular flexibility index (Phi) is 9.94. The summed E-state index contributed by atoms with van der Waals surface area (Å²) < 4.78 is 90.1. The van der Waals surface area contributed by atoms with Crippen molar-refractivity contribution in [1.29, 1.82) is 0 Å². The third kappa shape index (κ3) is 7.59. The highest BCUT2D eigenvalue weighted by Crippen LogP contribution is 2.35. The van der Waals surface area contributed by atoms with Crippen LogP contribution < -0.4 is 9.46 Å². The molecule has 4 atom stereocenters. The van der Waals surface area contributed by atoms with Crippen LogP contribution in [-0.4, -0.2) is 99.6 Å². The van der Waals surface area contributed by atoms with Gasteiger partial charge in [0.05, 0.1) is 47.4 Å². The van der Waals surface area contributed by atoms with Crippen molar-refractivity contribution in [2.24, 2.45) is 0 Å². The molecule has 2 aliphatic heterocycles. The number of aliphatic hydroxyl groups excluding tert-OH is 1. The summed E-state index contributed by atoms with van der Waals surface area (Å²) >= 11 is 6.64. The van der Waals surface area contributed by atoms with Crippen LogP contribution in [0.25, 0.3) is 33.3 Å².